The minimum Gasteiger partial charge on any atom is -0.497 e. The molecule has 2 rings (SSSR count). The van der Waals surface area contributed by atoms with Crippen LogP contribution in [0.3, 0.4) is 0 Å². The van der Waals surface area contributed by atoms with Gasteiger partial charge < -0.3 is 14.8 Å². The SMILES string of the molecule is COc1ccc(C(=O)N[C@H](CC(C)C)c2ccc(OC)cc2)cc1. The van der Waals surface area contributed by atoms with Crippen LogP contribution in [0, 0.1) is 5.92 Å². The first-order valence-corrected chi connectivity index (χ1v) is 8.12. The molecule has 4 heteroatoms. The largest absolute Gasteiger partial charge is 0.497 e. The van der Waals surface area contributed by atoms with Crippen molar-refractivity contribution in [2.24, 2.45) is 5.92 Å². The summed E-state index contributed by atoms with van der Waals surface area (Å²) in [7, 11) is 3.25. The molecule has 0 heterocycles. The predicted octanol–water partition coefficient (Wildman–Crippen LogP) is 4.22. The van der Waals surface area contributed by atoms with E-state index in [9.17, 15) is 4.79 Å². The van der Waals surface area contributed by atoms with Gasteiger partial charge in [0.15, 0.2) is 0 Å². The number of hydrogen-bond acceptors (Lipinski definition) is 3. The smallest absolute Gasteiger partial charge is 0.251 e. The third-order valence-corrected chi connectivity index (χ3v) is 3.88. The highest BCUT2D eigenvalue weighted by Gasteiger charge is 2.17. The number of nitrogens with one attached hydrogen (secondary N) is 1. The average Bonchev–Trinajstić information content (AvgIpc) is 2.61. The highest BCUT2D eigenvalue weighted by Crippen LogP contribution is 2.24. The van der Waals surface area contributed by atoms with Crippen molar-refractivity contribution in [1.82, 2.24) is 5.32 Å². The van der Waals surface area contributed by atoms with Crippen molar-refractivity contribution >= 4 is 5.91 Å². The molecule has 1 atom stereocenters. The lowest BCUT2D eigenvalue weighted by atomic mass is 9.96. The van der Waals surface area contributed by atoms with Gasteiger partial charge >= 0.3 is 0 Å². The Kier molecular flexibility index (Phi) is 6.24. The van der Waals surface area contributed by atoms with Gasteiger partial charge in [-0.1, -0.05) is 26.0 Å². The van der Waals surface area contributed by atoms with Crippen molar-refractivity contribution in [3.63, 3.8) is 0 Å². The molecule has 0 bridgehead atoms. The fourth-order valence-corrected chi connectivity index (χ4v) is 2.57. The molecule has 128 valence electrons. The van der Waals surface area contributed by atoms with Crippen LogP contribution in [0.4, 0.5) is 0 Å². The maximum Gasteiger partial charge on any atom is 0.251 e. The summed E-state index contributed by atoms with van der Waals surface area (Å²) in [6.45, 7) is 4.30. The number of carbonyl (C=O) groups is 1. The summed E-state index contributed by atoms with van der Waals surface area (Å²) in [6, 6.07) is 14.9. The van der Waals surface area contributed by atoms with Gasteiger partial charge in [-0.15, -0.1) is 0 Å². The zero-order chi connectivity index (χ0) is 17.5. The highest BCUT2D eigenvalue weighted by atomic mass is 16.5. The minimum absolute atomic E-state index is 0.0366. The lowest BCUT2D eigenvalue weighted by Crippen LogP contribution is -2.29. The molecule has 1 amide bonds. The van der Waals surface area contributed by atoms with E-state index in [0.29, 0.717) is 11.5 Å². The fraction of sp³-hybridized carbons (Fsp3) is 0.350. The zero-order valence-electron chi connectivity index (χ0n) is 14.7. The lowest BCUT2D eigenvalue weighted by molar-refractivity contribution is 0.0932. The molecule has 0 aliphatic carbocycles. The van der Waals surface area contributed by atoms with E-state index in [-0.39, 0.29) is 11.9 Å². The van der Waals surface area contributed by atoms with Gasteiger partial charge in [-0.3, -0.25) is 4.79 Å². The summed E-state index contributed by atoms with van der Waals surface area (Å²) in [4.78, 5) is 12.6. The summed E-state index contributed by atoms with van der Waals surface area (Å²) < 4.78 is 10.3. The molecule has 0 unspecified atom stereocenters. The number of ether oxygens (including phenoxy) is 2. The second-order valence-corrected chi connectivity index (χ2v) is 6.16. The Morgan fingerprint density at radius 1 is 0.917 bits per heavy atom. The molecule has 0 radical (unpaired) electrons. The molecular weight excluding hydrogens is 302 g/mol. The summed E-state index contributed by atoms with van der Waals surface area (Å²) in [5, 5.41) is 3.14. The third kappa shape index (κ3) is 4.75. The number of carbonyl (C=O) groups excluding carboxylic acids is 1. The van der Waals surface area contributed by atoms with Crippen LogP contribution in [0.25, 0.3) is 0 Å². The summed E-state index contributed by atoms with van der Waals surface area (Å²) >= 11 is 0. The van der Waals surface area contributed by atoms with E-state index in [1.54, 1.807) is 38.5 Å². The van der Waals surface area contributed by atoms with Crippen molar-refractivity contribution in [2.45, 2.75) is 26.3 Å². The Labute approximate surface area is 143 Å². The highest BCUT2D eigenvalue weighted by molar-refractivity contribution is 5.94. The summed E-state index contributed by atoms with van der Waals surface area (Å²) in [6.07, 6.45) is 0.869. The summed E-state index contributed by atoms with van der Waals surface area (Å²) in [5.41, 5.74) is 1.70. The van der Waals surface area contributed by atoms with Crippen LogP contribution in [0.1, 0.15) is 42.2 Å². The number of methoxy groups -OCH3 is 2. The second kappa shape index (κ2) is 8.39. The van der Waals surface area contributed by atoms with Crippen LogP contribution in [0.2, 0.25) is 0 Å². The van der Waals surface area contributed by atoms with Crippen LogP contribution < -0.4 is 14.8 Å². The molecule has 4 nitrogen and oxygen atoms in total. The molecule has 0 fully saturated rings. The molecule has 24 heavy (non-hydrogen) atoms. The van der Waals surface area contributed by atoms with Crippen molar-refractivity contribution in [3.8, 4) is 11.5 Å². The van der Waals surface area contributed by atoms with Gasteiger partial charge in [-0.2, -0.15) is 0 Å². The van der Waals surface area contributed by atoms with E-state index >= 15 is 0 Å². The first-order valence-electron chi connectivity index (χ1n) is 8.12. The second-order valence-electron chi connectivity index (χ2n) is 6.16. The van der Waals surface area contributed by atoms with Gasteiger partial charge in [0.2, 0.25) is 0 Å². The topological polar surface area (TPSA) is 47.6 Å². The van der Waals surface area contributed by atoms with Crippen LogP contribution in [0.15, 0.2) is 48.5 Å². The number of hydrogen-bond donors (Lipinski definition) is 1. The first-order chi connectivity index (χ1) is 11.5. The fourth-order valence-electron chi connectivity index (χ4n) is 2.57. The Morgan fingerprint density at radius 2 is 1.42 bits per heavy atom. The van der Waals surface area contributed by atoms with E-state index < -0.39 is 0 Å². The van der Waals surface area contributed by atoms with Crippen LogP contribution in [-0.2, 0) is 0 Å². The average molecular weight is 327 g/mol. The maximum atomic E-state index is 12.6. The van der Waals surface area contributed by atoms with Gasteiger partial charge in [0, 0.05) is 5.56 Å². The lowest BCUT2D eigenvalue weighted by Gasteiger charge is -2.21. The first kappa shape index (κ1) is 17.9. The molecule has 0 saturated carbocycles. The normalized spacial score (nSPS) is 11.9. The molecule has 2 aromatic rings. The number of amides is 1. The van der Waals surface area contributed by atoms with Crippen LogP contribution >= 0.6 is 0 Å². The van der Waals surface area contributed by atoms with Crippen LogP contribution in [0.5, 0.6) is 11.5 Å². The van der Waals surface area contributed by atoms with Crippen LogP contribution in [-0.4, -0.2) is 20.1 Å². The molecule has 0 spiro atoms. The van der Waals surface area contributed by atoms with Gasteiger partial charge in [0.25, 0.3) is 5.91 Å². The van der Waals surface area contributed by atoms with E-state index in [0.717, 1.165) is 23.5 Å². The van der Waals surface area contributed by atoms with E-state index in [1.165, 1.54) is 0 Å². The standard InChI is InChI=1S/C20H25NO3/c1-14(2)13-19(15-5-9-17(23-3)10-6-15)21-20(22)16-7-11-18(24-4)12-8-16/h5-12,14,19H,13H2,1-4H3,(H,21,22)/t19-/m1/s1. The van der Waals surface area contributed by atoms with Gasteiger partial charge in [0.05, 0.1) is 20.3 Å². The molecule has 0 aliphatic heterocycles. The van der Waals surface area contributed by atoms with Crippen molar-refractivity contribution in [1.29, 1.82) is 0 Å². The monoisotopic (exact) mass is 327 g/mol. The molecule has 1 N–H and O–H groups in total. The van der Waals surface area contributed by atoms with Crippen molar-refractivity contribution in [2.75, 3.05) is 14.2 Å². The zero-order valence-corrected chi connectivity index (χ0v) is 14.7. The van der Waals surface area contributed by atoms with Crippen molar-refractivity contribution < 1.29 is 14.3 Å². The Bertz CT molecular complexity index is 648. The quantitative estimate of drug-likeness (QED) is 0.828. The third-order valence-electron chi connectivity index (χ3n) is 3.88. The summed E-state index contributed by atoms with van der Waals surface area (Å²) in [5.74, 6) is 1.93. The molecule has 0 saturated heterocycles. The molecule has 0 aliphatic rings. The van der Waals surface area contributed by atoms with E-state index in [1.807, 2.05) is 24.3 Å². The number of benzene rings is 2. The van der Waals surface area contributed by atoms with E-state index in [2.05, 4.69) is 19.2 Å². The Balaban J connectivity index is 2.15. The Hall–Kier alpha value is -2.49. The predicted molar refractivity (Wildman–Crippen MR) is 95.7 cm³/mol. The van der Waals surface area contributed by atoms with Gasteiger partial charge in [-0.25, -0.2) is 0 Å². The Morgan fingerprint density at radius 3 is 1.88 bits per heavy atom. The number of rotatable bonds is 7. The van der Waals surface area contributed by atoms with E-state index in [4.69, 9.17) is 9.47 Å². The molecular formula is C20H25NO3. The molecule has 2 aromatic carbocycles. The van der Waals surface area contributed by atoms with Gasteiger partial charge in [-0.05, 0) is 54.3 Å². The van der Waals surface area contributed by atoms with Crippen molar-refractivity contribution in [3.05, 3.63) is 59.7 Å². The maximum absolute atomic E-state index is 12.6. The van der Waals surface area contributed by atoms with Gasteiger partial charge in [0.1, 0.15) is 11.5 Å². The minimum atomic E-state index is -0.0841. The molecule has 0 aromatic heterocycles.